The zero-order chi connectivity index (χ0) is 23.5. The van der Waals surface area contributed by atoms with Crippen LogP contribution in [0.25, 0.3) is 0 Å². The molecule has 1 unspecified atom stereocenters. The van der Waals surface area contributed by atoms with E-state index in [4.69, 9.17) is 4.74 Å². The van der Waals surface area contributed by atoms with Crippen molar-refractivity contribution in [1.82, 2.24) is 0 Å². The van der Waals surface area contributed by atoms with Crippen LogP contribution in [0.4, 0.5) is 0 Å². The predicted octanol–water partition coefficient (Wildman–Crippen LogP) is 7.53. The van der Waals surface area contributed by atoms with E-state index in [1.807, 2.05) is 31.2 Å². The Kier molecular flexibility index (Phi) is 7.17. The Labute approximate surface area is 193 Å². The molecule has 32 heavy (non-hydrogen) atoms. The van der Waals surface area contributed by atoms with Crippen LogP contribution in [0.5, 0.6) is 5.75 Å². The number of carboxylic acids is 1. The van der Waals surface area contributed by atoms with Crippen molar-refractivity contribution in [3.05, 3.63) is 76.4 Å². The van der Waals surface area contributed by atoms with Crippen LogP contribution in [-0.2, 0) is 22.2 Å². The highest BCUT2D eigenvalue weighted by atomic mass is 16.5. The molecule has 0 saturated heterocycles. The van der Waals surface area contributed by atoms with Crippen molar-refractivity contribution in [2.24, 2.45) is 0 Å². The molecule has 3 nitrogen and oxygen atoms in total. The van der Waals surface area contributed by atoms with Gasteiger partial charge in [0.25, 0.3) is 0 Å². The van der Waals surface area contributed by atoms with Gasteiger partial charge in [0.1, 0.15) is 12.4 Å². The summed E-state index contributed by atoms with van der Waals surface area (Å²) < 4.78 is 6.09. The van der Waals surface area contributed by atoms with Gasteiger partial charge in [0.05, 0.1) is 6.42 Å². The summed E-state index contributed by atoms with van der Waals surface area (Å²) in [5, 5.41) is 9.30. The van der Waals surface area contributed by atoms with E-state index >= 15 is 0 Å². The number of rotatable bonds is 8. The van der Waals surface area contributed by atoms with Crippen molar-refractivity contribution in [1.29, 1.82) is 0 Å². The molecule has 172 valence electrons. The monoisotopic (exact) mass is 434 g/mol. The number of aliphatic carboxylic acids is 1. The minimum Gasteiger partial charge on any atom is -0.489 e. The summed E-state index contributed by atoms with van der Waals surface area (Å²) in [4.78, 5) is 11.3. The SMILES string of the molecule is CCC(C)=CC(CC(=O)O)c1ccc(OCc2ccc3c(c2)C(C)(C)CCC3(C)C)cc1. The molecule has 1 aliphatic rings. The van der Waals surface area contributed by atoms with E-state index in [1.54, 1.807) is 0 Å². The summed E-state index contributed by atoms with van der Waals surface area (Å²) in [7, 11) is 0. The van der Waals surface area contributed by atoms with Gasteiger partial charge in [-0.15, -0.1) is 0 Å². The second-order valence-electron chi connectivity index (χ2n) is 10.6. The third-order valence-electron chi connectivity index (χ3n) is 7.07. The molecule has 0 amide bonds. The lowest BCUT2D eigenvalue weighted by Gasteiger charge is -2.42. The minimum atomic E-state index is -0.783. The van der Waals surface area contributed by atoms with Crippen molar-refractivity contribution in [2.75, 3.05) is 0 Å². The summed E-state index contributed by atoms with van der Waals surface area (Å²) in [5.41, 5.74) is 6.70. The number of carbonyl (C=O) groups is 1. The van der Waals surface area contributed by atoms with E-state index < -0.39 is 5.97 Å². The van der Waals surface area contributed by atoms with Crippen LogP contribution in [0.2, 0.25) is 0 Å². The molecule has 3 heteroatoms. The Bertz CT molecular complexity index is 980. The normalized spacial score (nSPS) is 18.0. The molecule has 0 radical (unpaired) electrons. The van der Waals surface area contributed by atoms with Gasteiger partial charge in [-0.25, -0.2) is 0 Å². The largest absolute Gasteiger partial charge is 0.489 e. The van der Waals surface area contributed by atoms with Crippen molar-refractivity contribution in [3.8, 4) is 5.75 Å². The zero-order valence-corrected chi connectivity index (χ0v) is 20.5. The fourth-order valence-electron chi connectivity index (χ4n) is 4.63. The van der Waals surface area contributed by atoms with Gasteiger partial charge >= 0.3 is 5.97 Å². The Hall–Kier alpha value is -2.55. The average molecular weight is 435 g/mol. The molecule has 0 spiro atoms. The molecule has 1 atom stereocenters. The number of ether oxygens (including phenoxy) is 1. The molecule has 2 aromatic rings. The molecule has 1 N–H and O–H groups in total. The van der Waals surface area contributed by atoms with Gasteiger partial charge in [0.15, 0.2) is 0 Å². The number of carboxylic acid groups (broad SMARTS) is 1. The minimum absolute atomic E-state index is 0.0960. The van der Waals surface area contributed by atoms with E-state index in [-0.39, 0.29) is 23.2 Å². The number of hydrogen-bond donors (Lipinski definition) is 1. The molecule has 0 aromatic heterocycles. The van der Waals surface area contributed by atoms with E-state index in [0.29, 0.717) is 6.61 Å². The topological polar surface area (TPSA) is 46.5 Å². The van der Waals surface area contributed by atoms with Crippen LogP contribution >= 0.6 is 0 Å². The molecule has 2 aromatic carbocycles. The average Bonchev–Trinajstić information content (AvgIpc) is 2.75. The first kappa shape index (κ1) is 24.1. The Morgan fingerprint density at radius 3 is 2.25 bits per heavy atom. The van der Waals surface area contributed by atoms with Gasteiger partial charge in [0.2, 0.25) is 0 Å². The maximum Gasteiger partial charge on any atom is 0.304 e. The van der Waals surface area contributed by atoms with Crippen molar-refractivity contribution in [3.63, 3.8) is 0 Å². The molecule has 0 fully saturated rings. The second-order valence-corrected chi connectivity index (χ2v) is 10.6. The quantitative estimate of drug-likeness (QED) is 0.437. The number of allylic oxidation sites excluding steroid dienone is 2. The van der Waals surface area contributed by atoms with E-state index in [2.05, 4.69) is 58.9 Å². The first-order chi connectivity index (χ1) is 15.0. The number of hydrogen-bond acceptors (Lipinski definition) is 2. The lowest BCUT2D eigenvalue weighted by Crippen LogP contribution is -2.33. The number of fused-ring (bicyclic) bond motifs is 1. The molecule has 0 heterocycles. The molecule has 1 aliphatic carbocycles. The molecular weight excluding hydrogens is 396 g/mol. The van der Waals surface area contributed by atoms with Crippen LogP contribution in [-0.4, -0.2) is 11.1 Å². The highest BCUT2D eigenvalue weighted by Gasteiger charge is 2.36. The summed E-state index contributed by atoms with van der Waals surface area (Å²) in [6.45, 7) is 14.0. The van der Waals surface area contributed by atoms with Gasteiger partial charge in [-0.1, -0.05) is 76.6 Å². The molecule has 0 aliphatic heterocycles. The molecular formula is C29H38O3. The fourth-order valence-corrected chi connectivity index (χ4v) is 4.63. The van der Waals surface area contributed by atoms with Gasteiger partial charge in [-0.3, -0.25) is 4.79 Å². The third kappa shape index (κ3) is 5.62. The first-order valence-corrected chi connectivity index (χ1v) is 11.8. The molecule has 0 saturated carbocycles. The molecule has 3 rings (SSSR count). The standard InChI is InChI=1S/C29H38O3/c1-7-20(2)16-23(18-27(30)31)22-9-11-24(12-10-22)32-19-21-8-13-25-26(17-21)29(5,6)15-14-28(25,3)4/h8-13,16-17,23H,7,14-15,18-19H2,1-6H3,(H,30,31). The predicted molar refractivity (Wildman–Crippen MR) is 132 cm³/mol. The van der Waals surface area contributed by atoms with Gasteiger partial charge < -0.3 is 9.84 Å². The van der Waals surface area contributed by atoms with Gasteiger partial charge in [-0.05, 0) is 71.4 Å². The van der Waals surface area contributed by atoms with Crippen LogP contribution in [0, 0.1) is 0 Å². The van der Waals surface area contributed by atoms with Gasteiger partial charge in [0, 0.05) is 5.92 Å². The zero-order valence-electron chi connectivity index (χ0n) is 20.5. The summed E-state index contributed by atoms with van der Waals surface area (Å²) in [6.07, 6.45) is 5.50. The Balaban J connectivity index is 1.73. The second kappa shape index (κ2) is 9.52. The summed E-state index contributed by atoms with van der Waals surface area (Å²) >= 11 is 0. The van der Waals surface area contributed by atoms with Crippen molar-refractivity contribution >= 4 is 5.97 Å². The van der Waals surface area contributed by atoms with Crippen LogP contribution in [0.3, 0.4) is 0 Å². The van der Waals surface area contributed by atoms with E-state index in [1.165, 1.54) is 35.1 Å². The van der Waals surface area contributed by atoms with E-state index in [0.717, 1.165) is 17.7 Å². The maximum absolute atomic E-state index is 11.3. The lowest BCUT2D eigenvalue weighted by atomic mass is 9.63. The smallest absolute Gasteiger partial charge is 0.304 e. The first-order valence-electron chi connectivity index (χ1n) is 11.8. The van der Waals surface area contributed by atoms with Crippen molar-refractivity contribution in [2.45, 2.75) is 90.6 Å². The maximum atomic E-state index is 11.3. The highest BCUT2D eigenvalue weighted by Crippen LogP contribution is 2.46. The molecule has 0 bridgehead atoms. The summed E-state index contributed by atoms with van der Waals surface area (Å²) in [6, 6.07) is 14.7. The van der Waals surface area contributed by atoms with E-state index in [9.17, 15) is 9.90 Å². The Morgan fingerprint density at radius 2 is 1.66 bits per heavy atom. The lowest BCUT2D eigenvalue weighted by molar-refractivity contribution is -0.137. The van der Waals surface area contributed by atoms with Crippen molar-refractivity contribution < 1.29 is 14.6 Å². The Morgan fingerprint density at radius 1 is 1.03 bits per heavy atom. The number of benzene rings is 2. The van der Waals surface area contributed by atoms with Crippen LogP contribution < -0.4 is 4.74 Å². The fraction of sp³-hybridized carbons (Fsp3) is 0.483. The highest BCUT2D eigenvalue weighted by molar-refractivity contribution is 5.68. The third-order valence-corrected chi connectivity index (χ3v) is 7.07. The summed E-state index contributed by atoms with van der Waals surface area (Å²) in [5.74, 6) is -0.0990. The van der Waals surface area contributed by atoms with Crippen LogP contribution in [0.1, 0.15) is 95.4 Å². The van der Waals surface area contributed by atoms with Gasteiger partial charge in [-0.2, -0.15) is 0 Å². The van der Waals surface area contributed by atoms with Crippen LogP contribution in [0.15, 0.2) is 54.1 Å².